The summed E-state index contributed by atoms with van der Waals surface area (Å²) < 4.78 is 13.3. The van der Waals surface area contributed by atoms with Gasteiger partial charge in [0, 0.05) is 44.7 Å². The second kappa shape index (κ2) is 10.9. The maximum absolute atomic E-state index is 13.4. The summed E-state index contributed by atoms with van der Waals surface area (Å²) in [6, 6.07) is -0.408. The Morgan fingerprint density at radius 1 is 1.16 bits per heavy atom. The van der Waals surface area contributed by atoms with E-state index in [1.165, 1.54) is 30.0 Å². The predicted octanol–water partition coefficient (Wildman–Crippen LogP) is 1.45. The fraction of sp³-hybridized carbons (Fsp3) is 0.773. The van der Waals surface area contributed by atoms with E-state index in [-0.39, 0.29) is 29.2 Å². The average Bonchev–Trinajstić information content (AvgIpc) is 3.58. The summed E-state index contributed by atoms with van der Waals surface area (Å²) in [6.45, 7) is 3.44. The van der Waals surface area contributed by atoms with E-state index in [1.54, 1.807) is 4.90 Å². The van der Waals surface area contributed by atoms with Gasteiger partial charge in [-0.3, -0.25) is 19.3 Å². The van der Waals surface area contributed by atoms with Crippen molar-refractivity contribution in [1.82, 2.24) is 25.3 Å². The summed E-state index contributed by atoms with van der Waals surface area (Å²) in [4.78, 5) is 43.4. The topological polar surface area (TPSA) is 85.0 Å². The van der Waals surface area contributed by atoms with Crippen LogP contribution in [0.1, 0.15) is 44.9 Å². The van der Waals surface area contributed by atoms with E-state index in [1.807, 2.05) is 4.90 Å². The first-order valence-corrected chi connectivity index (χ1v) is 12.8. The van der Waals surface area contributed by atoms with Gasteiger partial charge in [0.2, 0.25) is 18.2 Å². The number of likely N-dealkylation sites (tertiary alicyclic amines) is 1. The van der Waals surface area contributed by atoms with Crippen molar-refractivity contribution in [1.29, 1.82) is 0 Å². The average molecular weight is 468 g/mol. The van der Waals surface area contributed by atoms with Crippen molar-refractivity contribution in [2.24, 2.45) is 11.8 Å². The molecule has 8 nitrogen and oxygen atoms in total. The fourth-order valence-electron chi connectivity index (χ4n) is 5.51. The predicted molar refractivity (Wildman–Crippen MR) is 121 cm³/mol. The standard InChI is InChI=1S/C22H34FN5O3S/c23-19-14-32-22(25-19)27-10-8-26(9-11-27)21(31)18-6-3-7-28(18)20(30)17(13-24-15-29)12-16-4-1-2-5-16/h14-18,22,25H,1-13H2,(H,24,29)/t17-,18+,22?/m1/s1. The van der Waals surface area contributed by atoms with Crippen LogP contribution in [0.4, 0.5) is 4.39 Å². The first-order valence-electron chi connectivity index (χ1n) is 11.8. The quantitative estimate of drug-likeness (QED) is 0.415. The zero-order valence-electron chi connectivity index (χ0n) is 18.5. The molecule has 0 aromatic rings. The molecule has 0 radical (unpaired) electrons. The van der Waals surface area contributed by atoms with Gasteiger partial charge >= 0.3 is 0 Å². The Hall–Kier alpha value is -1.81. The van der Waals surface area contributed by atoms with Gasteiger partial charge in [0.1, 0.15) is 11.5 Å². The lowest BCUT2D eigenvalue weighted by atomic mass is 9.91. The number of rotatable bonds is 8. The van der Waals surface area contributed by atoms with Crippen LogP contribution < -0.4 is 10.6 Å². The van der Waals surface area contributed by atoms with Crippen LogP contribution in [0, 0.1) is 11.8 Å². The van der Waals surface area contributed by atoms with Gasteiger partial charge in [-0.1, -0.05) is 37.4 Å². The summed E-state index contributed by atoms with van der Waals surface area (Å²) >= 11 is 1.41. The van der Waals surface area contributed by atoms with Crippen molar-refractivity contribution in [3.05, 3.63) is 11.4 Å². The molecule has 0 aromatic heterocycles. The van der Waals surface area contributed by atoms with Crippen molar-refractivity contribution >= 4 is 30.0 Å². The van der Waals surface area contributed by atoms with Crippen LogP contribution in [0.2, 0.25) is 0 Å². The number of amides is 3. The normalized spacial score (nSPS) is 27.8. The van der Waals surface area contributed by atoms with Crippen LogP contribution in [-0.4, -0.2) is 83.7 Å². The van der Waals surface area contributed by atoms with E-state index in [9.17, 15) is 18.8 Å². The van der Waals surface area contributed by atoms with E-state index >= 15 is 0 Å². The molecule has 0 spiro atoms. The molecule has 10 heteroatoms. The van der Waals surface area contributed by atoms with Gasteiger partial charge in [-0.05, 0) is 25.2 Å². The van der Waals surface area contributed by atoms with Gasteiger partial charge in [0.25, 0.3) is 0 Å². The van der Waals surface area contributed by atoms with E-state index in [4.69, 9.17) is 0 Å². The number of carbonyl (C=O) groups is 3. The second-order valence-electron chi connectivity index (χ2n) is 9.26. The van der Waals surface area contributed by atoms with Crippen LogP contribution in [0.25, 0.3) is 0 Å². The highest BCUT2D eigenvalue weighted by Crippen LogP contribution is 2.32. The Kier molecular flexibility index (Phi) is 7.93. The molecule has 3 amide bonds. The van der Waals surface area contributed by atoms with Crippen molar-refractivity contribution in [3.63, 3.8) is 0 Å². The first kappa shape index (κ1) is 23.4. The van der Waals surface area contributed by atoms with E-state index in [2.05, 4.69) is 15.5 Å². The molecule has 2 saturated heterocycles. The fourth-order valence-corrected chi connectivity index (χ4v) is 6.39. The third kappa shape index (κ3) is 5.39. The first-order chi connectivity index (χ1) is 15.6. The summed E-state index contributed by atoms with van der Waals surface area (Å²) in [5.74, 6) is -0.0106. The summed E-state index contributed by atoms with van der Waals surface area (Å²) in [7, 11) is 0. The lowest BCUT2D eigenvalue weighted by molar-refractivity contribution is -0.147. The SMILES string of the molecule is O=CNC[C@@H](CC1CCCC1)C(=O)N1CCC[C@H]1C(=O)N1CCN(C2NC(F)=CS2)CC1. The molecule has 1 unspecified atom stereocenters. The van der Waals surface area contributed by atoms with Crippen LogP contribution in [0.5, 0.6) is 0 Å². The van der Waals surface area contributed by atoms with E-state index < -0.39 is 6.04 Å². The highest BCUT2D eigenvalue weighted by molar-refractivity contribution is 8.02. The minimum Gasteiger partial charge on any atom is -0.358 e. The van der Waals surface area contributed by atoms with Crippen molar-refractivity contribution in [3.8, 4) is 0 Å². The Labute approximate surface area is 193 Å². The van der Waals surface area contributed by atoms with Crippen LogP contribution in [0.15, 0.2) is 11.4 Å². The van der Waals surface area contributed by atoms with Gasteiger partial charge in [-0.2, -0.15) is 4.39 Å². The highest BCUT2D eigenvalue weighted by atomic mass is 32.2. The maximum atomic E-state index is 13.4. The van der Waals surface area contributed by atoms with Crippen LogP contribution >= 0.6 is 11.8 Å². The molecule has 0 aromatic carbocycles. The van der Waals surface area contributed by atoms with Crippen LogP contribution in [-0.2, 0) is 14.4 Å². The minimum absolute atomic E-state index is 0.00819. The molecule has 4 rings (SSSR count). The van der Waals surface area contributed by atoms with Crippen molar-refractivity contribution < 1.29 is 18.8 Å². The number of nitrogens with zero attached hydrogens (tertiary/aromatic N) is 3. The highest BCUT2D eigenvalue weighted by Gasteiger charge is 2.40. The van der Waals surface area contributed by atoms with E-state index in [0.29, 0.717) is 58.0 Å². The molecule has 3 heterocycles. The zero-order chi connectivity index (χ0) is 22.5. The minimum atomic E-state index is -0.408. The monoisotopic (exact) mass is 467 g/mol. The van der Waals surface area contributed by atoms with Crippen molar-refractivity contribution in [2.75, 3.05) is 39.3 Å². The second-order valence-corrected chi connectivity index (χ2v) is 10.2. The Morgan fingerprint density at radius 3 is 2.56 bits per heavy atom. The summed E-state index contributed by atoms with van der Waals surface area (Å²) in [5, 5.41) is 6.98. The molecule has 0 bridgehead atoms. The molecular weight excluding hydrogens is 433 g/mol. The van der Waals surface area contributed by atoms with Crippen molar-refractivity contribution in [2.45, 2.75) is 56.5 Å². The van der Waals surface area contributed by atoms with Gasteiger partial charge in [0.05, 0.1) is 5.92 Å². The molecule has 178 valence electrons. The molecule has 2 N–H and O–H groups in total. The number of halogens is 1. The molecule has 3 aliphatic heterocycles. The number of nitrogens with one attached hydrogen (secondary N) is 2. The molecule has 1 saturated carbocycles. The zero-order valence-corrected chi connectivity index (χ0v) is 19.3. The molecule has 4 aliphatic rings. The van der Waals surface area contributed by atoms with Gasteiger partial charge in [0.15, 0.2) is 5.95 Å². The molecule has 3 atom stereocenters. The number of hydrogen-bond donors (Lipinski definition) is 2. The number of thioether (sulfide) groups is 1. The molecule has 3 fully saturated rings. The Morgan fingerprint density at radius 2 is 1.91 bits per heavy atom. The van der Waals surface area contributed by atoms with Gasteiger partial charge in [-0.25, -0.2) is 0 Å². The van der Waals surface area contributed by atoms with Crippen LogP contribution in [0.3, 0.4) is 0 Å². The Balaban J connectivity index is 1.33. The number of piperazine rings is 1. The lowest BCUT2D eigenvalue weighted by Crippen LogP contribution is -2.57. The maximum Gasteiger partial charge on any atom is 0.245 e. The summed E-state index contributed by atoms with van der Waals surface area (Å²) in [5.41, 5.74) is -0.113. The third-order valence-electron chi connectivity index (χ3n) is 7.23. The lowest BCUT2D eigenvalue weighted by Gasteiger charge is -2.39. The largest absolute Gasteiger partial charge is 0.358 e. The number of hydrogen-bond acceptors (Lipinski definition) is 6. The molecular formula is C22H34FN5O3S. The molecule has 1 aliphatic carbocycles. The summed E-state index contributed by atoms with van der Waals surface area (Å²) in [6.07, 6.45) is 7.66. The van der Waals surface area contributed by atoms with Gasteiger partial charge < -0.3 is 20.4 Å². The van der Waals surface area contributed by atoms with E-state index in [0.717, 1.165) is 25.7 Å². The smallest absolute Gasteiger partial charge is 0.245 e. The number of carbonyl (C=O) groups excluding carboxylic acids is 3. The van der Waals surface area contributed by atoms with Gasteiger partial charge in [-0.15, -0.1) is 0 Å². The third-order valence-corrected chi connectivity index (χ3v) is 8.25. The Bertz CT molecular complexity index is 724. The molecule has 32 heavy (non-hydrogen) atoms.